The highest BCUT2D eigenvalue weighted by Gasteiger charge is 2.54. The number of methoxy groups -OCH3 is 1. The van der Waals surface area contributed by atoms with Crippen LogP contribution < -0.4 is 4.90 Å². The molecule has 3 aliphatic rings. The number of halogens is 1. The Kier molecular flexibility index (Phi) is 5.02. The molecule has 2 fully saturated rings. The lowest BCUT2D eigenvalue weighted by Gasteiger charge is -2.59. The molecule has 9 heteroatoms. The van der Waals surface area contributed by atoms with Crippen molar-refractivity contribution in [2.75, 3.05) is 25.1 Å². The van der Waals surface area contributed by atoms with Gasteiger partial charge in [0, 0.05) is 35.6 Å². The summed E-state index contributed by atoms with van der Waals surface area (Å²) in [7, 11) is 1.39. The van der Waals surface area contributed by atoms with Crippen LogP contribution in [-0.2, 0) is 24.2 Å². The highest BCUT2D eigenvalue weighted by atomic mass is 35.5. The Labute approximate surface area is 203 Å². The number of amides is 1. The minimum atomic E-state index is -0.387. The number of carbonyl (C=O) groups is 1. The van der Waals surface area contributed by atoms with Crippen molar-refractivity contribution in [3.63, 3.8) is 0 Å². The molecule has 8 nitrogen and oxygen atoms in total. The number of aromatic nitrogens is 4. The van der Waals surface area contributed by atoms with Crippen molar-refractivity contribution in [3.05, 3.63) is 64.3 Å². The van der Waals surface area contributed by atoms with Crippen LogP contribution in [0.3, 0.4) is 0 Å². The summed E-state index contributed by atoms with van der Waals surface area (Å²) in [5.74, 6) is 3.13. The summed E-state index contributed by atoms with van der Waals surface area (Å²) in [6.07, 6.45) is 4.77. The molecular weight excluding hydrogens is 452 g/mol. The van der Waals surface area contributed by atoms with Gasteiger partial charge in [-0.2, -0.15) is 0 Å². The van der Waals surface area contributed by atoms with E-state index in [1.807, 2.05) is 24.4 Å². The van der Waals surface area contributed by atoms with Crippen molar-refractivity contribution in [3.8, 4) is 5.69 Å². The Morgan fingerprint density at radius 2 is 2.00 bits per heavy atom. The Hall–Kier alpha value is -3.13. The molecule has 0 bridgehead atoms. The molecule has 1 aliphatic carbocycles. The van der Waals surface area contributed by atoms with Gasteiger partial charge in [-0.1, -0.05) is 24.6 Å². The SMILES string of the molecule is CCc1ccc(N2CC3(CC(c4nnc5n4-c4ccc(Cl)cc4CN(C(=O)OC)C5)C3)C2)nc1. The topological polar surface area (TPSA) is 76.4 Å². The van der Waals surface area contributed by atoms with Gasteiger partial charge in [0.05, 0.1) is 25.9 Å². The zero-order valence-corrected chi connectivity index (χ0v) is 20.1. The summed E-state index contributed by atoms with van der Waals surface area (Å²) in [5, 5.41) is 9.72. The number of carbonyl (C=O) groups excluding carboxylic acids is 1. The molecule has 3 aromatic rings. The van der Waals surface area contributed by atoms with Gasteiger partial charge < -0.3 is 9.64 Å². The number of aryl methyl sites for hydroxylation is 1. The molecule has 0 unspecified atom stereocenters. The van der Waals surface area contributed by atoms with Gasteiger partial charge in [-0.3, -0.25) is 9.47 Å². The first-order chi connectivity index (χ1) is 16.5. The lowest BCUT2D eigenvalue weighted by molar-refractivity contribution is 0.0581. The molecule has 1 saturated heterocycles. The van der Waals surface area contributed by atoms with E-state index in [4.69, 9.17) is 16.3 Å². The van der Waals surface area contributed by atoms with Crippen LogP contribution in [0.4, 0.5) is 10.6 Å². The highest BCUT2D eigenvalue weighted by Crippen LogP contribution is 2.56. The van der Waals surface area contributed by atoms with Gasteiger partial charge in [0.25, 0.3) is 0 Å². The fraction of sp³-hybridized carbons (Fsp3) is 0.440. The zero-order chi connectivity index (χ0) is 23.4. The van der Waals surface area contributed by atoms with Gasteiger partial charge in [0.15, 0.2) is 5.82 Å². The summed E-state index contributed by atoms with van der Waals surface area (Å²) in [4.78, 5) is 21.0. The van der Waals surface area contributed by atoms with Crippen LogP contribution in [0.25, 0.3) is 5.69 Å². The number of benzene rings is 1. The average Bonchev–Trinajstić information content (AvgIpc) is 3.12. The molecular formula is C25H27ClN6O2. The highest BCUT2D eigenvalue weighted by molar-refractivity contribution is 6.30. The first-order valence-electron chi connectivity index (χ1n) is 11.7. The number of pyridine rings is 1. The van der Waals surface area contributed by atoms with Crippen LogP contribution in [0.1, 0.15) is 48.5 Å². The van der Waals surface area contributed by atoms with E-state index in [1.54, 1.807) is 4.90 Å². The maximum Gasteiger partial charge on any atom is 0.410 e. The normalized spacial score (nSPS) is 18.6. The minimum Gasteiger partial charge on any atom is -0.453 e. The predicted molar refractivity (Wildman–Crippen MR) is 128 cm³/mol. The van der Waals surface area contributed by atoms with Gasteiger partial charge in [0.2, 0.25) is 0 Å². The third-order valence-electron chi connectivity index (χ3n) is 7.48. The molecule has 176 valence electrons. The monoisotopic (exact) mass is 478 g/mol. The second-order valence-electron chi connectivity index (χ2n) is 9.75. The van der Waals surface area contributed by atoms with Gasteiger partial charge in [-0.05, 0) is 54.7 Å². The average molecular weight is 479 g/mol. The molecule has 1 saturated carbocycles. The fourth-order valence-corrected chi connectivity index (χ4v) is 5.91. The Morgan fingerprint density at radius 1 is 1.18 bits per heavy atom. The van der Waals surface area contributed by atoms with Crippen molar-refractivity contribution < 1.29 is 9.53 Å². The van der Waals surface area contributed by atoms with Crippen LogP contribution >= 0.6 is 11.6 Å². The zero-order valence-electron chi connectivity index (χ0n) is 19.4. The van der Waals surface area contributed by atoms with E-state index in [1.165, 1.54) is 12.7 Å². The third-order valence-corrected chi connectivity index (χ3v) is 7.72. The van der Waals surface area contributed by atoms with E-state index in [9.17, 15) is 4.79 Å². The lowest BCUT2D eigenvalue weighted by atomic mass is 9.57. The number of fused-ring (bicyclic) bond motifs is 3. The predicted octanol–water partition coefficient (Wildman–Crippen LogP) is 4.34. The van der Waals surface area contributed by atoms with Crippen LogP contribution in [0.15, 0.2) is 36.5 Å². The van der Waals surface area contributed by atoms with Crippen molar-refractivity contribution >= 4 is 23.5 Å². The van der Waals surface area contributed by atoms with Crippen LogP contribution in [0.5, 0.6) is 0 Å². The van der Waals surface area contributed by atoms with Crippen molar-refractivity contribution in [2.45, 2.75) is 45.2 Å². The van der Waals surface area contributed by atoms with E-state index in [-0.39, 0.29) is 6.09 Å². The largest absolute Gasteiger partial charge is 0.453 e. The number of anilines is 1. The van der Waals surface area contributed by atoms with Crippen LogP contribution in [0, 0.1) is 5.41 Å². The van der Waals surface area contributed by atoms with Gasteiger partial charge in [-0.25, -0.2) is 9.78 Å². The standard InChI is InChI=1S/C25H27ClN6O2/c1-3-16-4-7-21(27-11-16)31-14-25(15-31)9-18(10-25)23-29-28-22-13-30(24(33)34-2)12-17-8-19(26)5-6-20(17)32(22)23/h4-8,11,18H,3,9-10,12-15H2,1-2H3. The van der Waals surface area contributed by atoms with Crippen molar-refractivity contribution in [1.29, 1.82) is 0 Å². The van der Waals surface area contributed by atoms with Gasteiger partial charge in [-0.15, -0.1) is 10.2 Å². The third kappa shape index (κ3) is 3.43. The number of hydrogen-bond donors (Lipinski definition) is 0. The summed E-state index contributed by atoms with van der Waals surface area (Å²) in [5.41, 5.74) is 3.54. The Morgan fingerprint density at radius 3 is 2.71 bits per heavy atom. The molecule has 1 amide bonds. The molecule has 6 rings (SSSR count). The quantitative estimate of drug-likeness (QED) is 0.557. The summed E-state index contributed by atoms with van der Waals surface area (Å²) < 4.78 is 7.12. The van der Waals surface area contributed by atoms with E-state index in [0.29, 0.717) is 29.4 Å². The maximum absolute atomic E-state index is 12.4. The molecule has 1 spiro atoms. The van der Waals surface area contributed by atoms with Gasteiger partial charge in [0.1, 0.15) is 11.6 Å². The second kappa shape index (κ2) is 7.98. The first kappa shape index (κ1) is 21.4. The second-order valence-corrected chi connectivity index (χ2v) is 10.2. The van der Waals surface area contributed by atoms with Crippen LogP contribution in [-0.4, -0.2) is 50.9 Å². The number of rotatable bonds is 3. The number of hydrogen-bond acceptors (Lipinski definition) is 6. The molecule has 0 N–H and O–H groups in total. The molecule has 4 heterocycles. The molecule has 1 aromatic carbocycles. The lowest BCUT2D eigenvalue weighted by Crippen LogP contribution is -2.62. The molecule has 0 atom stereocenters. The Bertz CT molecular complexity index is 1240. The van der Waals surface area contributed by atoms with E-state index in [2.05, 4.69) is 43.7 Å². The van der Waals surface area contributed by atoms with E-state index in [0.717, 1.165) is 61.1 Å². The molecule has 2 aliphatic heterocycles. The fourth-order valence-electron chi connectivity index (χ4n) is 5.71. The number of ether oxygens (including phenoxy) is 1. The molecule has 2 aromatic heterocycles. The molecule has 0 radical (unpaired) electrons. The summed E-state index contributed by atoms with van der Waals surface area (Å²) in [6.45, 7) is 4.97. The number of nitrogens with zero attached hydrogens (tertiary/aromatic N) is 6. The Balaban J connectivity index is 1.23. The molecule has 34 heavy (non-hydrogen) atoms. The maximum atomic E-state index is 12.4. The van der Waals surface area contributed by atoms with E-state index >= 15 is 0 Å². The van der Waals surface area contributed by atoms with Crippen molar-refractivity contribution in [1.82, 2.24) is 24.6 Å². The summed E-state index contributed by atoms with van der Waals surface area (Å²) in [6, 6.07) is 10.1. The summed E-state index contributed by atoms with van der Waals surface area (Å²) >= 11 is 6.29. The van der Waals surface area contributed by atoms with Crippen molar-refractivity contribution in [2.24, 2.45) is 5.41 Å². The first-order valence-corrected chi connectivity index (χ1v) is 12.1. The van der Waals surface area contributed by atoms with Crippen LogP contribution in [0.2, 0.25) is 5.02 Å². The smallest absolute Gasteiger partial charge is 0.410 e. The van der Waals surface area contributed by atoms with E-state index < -0.39 is 0 Å². The van der Waals surface area contributed by atoms with Gasteiger partial charge >= 0.3 is 6.09 Å². The minimum absolute atomic E-state index is 0.327.